The largest absolute Gasteiger partial charge is 0.381 e. The van der Waals surface area contributed by atoms with Gasteiger partial charge in [-0.15, -0.1) is 0 Å². The maximum atomic E-state index is 5.41. The number of benzene rings is 1. The molecular formula is C15H21NO. The van der Waals surface area contributed by atoms with Crippen LogP contribution in [0.5, 0.6) is 0 Å². The number of fused-ring (bicyclic) bond motifs is 1. The van der Waals surface area contributed by atoms with Crippen molar-refractivity contribution in [2.45, 2.75) is 44.2 Å². The number of rotatable bonds is 2. The van der Waals surface area contributed by atoms with Crippen molar-refractivity contribution in [3.05, 3.63) is 35.4 Å². The van der Waals surface area contributed by atoms with Gasteiger partial charge in [0, 0.05) is 25.3 Å². The Balaban J connectivity index is 1.60. The van der Waals surface area contributed by atoms with Crippen LogP contribution in [-0.2, 0) is 17.6 Å². The van der Waals surface area contributed by atoms with Crippen LogP contribution in [0.25, 0.3) is 0 Å². The average molecular weight is 231 g/mol. The third kappa shape index (κ3) is 2.70. The zero-order chi connectivity index (χ0) is 11.5. The van der Waals surface area contributed by atoms with Gasteiger partial charge < -0.3 is 10.1 Å². The second-order valence-corrected chi connectivity index (χ2v) is 5.26. The molecule has 3 rings (SSSR count). The first-order chi connectivity index (χ1) is 8.42. The van der Waals surface area contributed by atoms with E-state index >= 15 is 0 Å². The molecule has 0 aromatic heterocycles. The summed E-state index contributed by atoms with van der Waals surface area (Å²) in [4.78, 5) is 0. The van der Waals surface area contributed by atoms with Crippen LogP contribution in [0.2, 0.25) is 0 Å². The van der Waals surface area contributed by atoms with Gasteiger partial charge in [0.2, 0.25) is 0 Å². The van der Waals surface area contributed by atoms with E-state index in [0.29, 0.717) is 12.1 Å². The Morgan fingerprint density at radius 3 is 2.53 bits per heavy atom. The molecule has 1 aliphatic heterocycles. The first kappa shape index (κ1) is 11.2. The van der Waals surface area contributed by atoms with E-state index in [4.69, 9.17) is 4.74 Å². The Morgan fingerprint density at radius 1 is 0.941 bits per heavy atom. The predicted molar refractivity (Wildman–Crippen MR) is 69.2 cm³/mol. The van der Waals surface area contributed by atoms with E-state index in [1.807, 2.05) is 0 Å². The van der Waals surface area contributed by atoms with Gasteiger partial charge in [-0.25, -0.2) is 0 Å². The molecular weight excluding hydrogens is 210 g/mol. The molecule has 1 fully saturated rings. The Kier molecular flexibility index (Phi) is 3.44. The van der Waals surface area contributed by atoms with E-state index in [0.717, 1.165) is 13.2 Å². The van der Waals surface area contributed by atoms with Crippen molar-refractivity contribution in [2.75, 3.05) is 13.2 Å². The summed E-state index contributed by atoms with van der Waals surface area (Å²) < 4.78 is 5.41. The number of ether oxygens (including phenoxy) is 1. The van der Waals surface area contributed by atoms with Gasteiger partial charge in [0.25, 0.3) is 0 Å². The van der Waals surface area contributed by atoms with E-state index in [1.54, 1.807) is 11.1 Å². The molecule has 1 heterocycles. The fourth-order valence-corrected chi connectivity index (χ4v) is 3.04. The standard InChI is InChI=1S/C15H21NO/c1-2-4-13-11-15(6-5-12(13)3-1)16-14-7-9-17-10-8-14/h1-4,14-16H,5-11H2. The summed E-state index contributed by atoms with van der Waals surface area (Å²) in [7, 11) is 0. The van der Waals surface area contributed by atoms with Crippen LogP contribution in [0.1, 0.15) is 30.4 Å². The maximum Gasteiger partial charge on any atom is 0.0480 e. The summed E-state index contributed by atoms with van der Waals surface area (Å²) >= 11 is 0. The lowest BCUT2D eigenvalue weighted by molar-refractivity contribution is 0.0743. The molecule has 2 nitrogen and oxygen atoms in total. The lowest BCUT2D eigenvalue weighted by atomic mass is 9.87. The van der Waals surface area contributed by atoms with Crippen molar-refractivity contribution in [1.29, 1.82) is 0 Å². The predicted octanol–water partition coefficient (Wildman–Crippen LogP) is 2.31. The molecule has 0 radical (unpaired) electrons. The van der Waals surface area contributed by atoms with Gasteiger partial charge in [-0.3, -0.25) is 0 Å². The van der Waals surface area contributed by atoms with E-state index in [2.05, 4.69) is 29.6 Å². The van der Waals surface area contributed by atoms with Crippen molar-refractivity contribution in [2.24, 2.45) is 0 Å². The molecule has 1 N–H and O–H groups in total. The van der Waals surface area contributed by atoms with Crippen LogP contribution in [0.15, 0.2) is 24.3 Å². The summed E-state index contributed by atoms with van der Waals surface area (Å²) in [5, 5.41) is 3.82. The highest BCUT2D eigenvalue weighted by Crippen LogP contribution is 2.22. The molecule has 2 heteroatoms. The van der Waals surface area contributed by atoms with Crippen molar-refractivity contribution in [1.82, 2.24) is 5.32 Å². The quantitative estimate of drug-likeness (QED) is 0.843. The third-order valence-electron chi connectivity index (χ3n) is 4.04. The van der Waals surface area contributed by atoms with Crippen molar-refractivity contribution in [3.63, 3.8) is 0 Å². The molecule has 1 aliphatic carbocycles. The highest BCUT2D eigenvalue weighted by Gasteiger charge is 2.22. The van der Waals surface area contributed by atoms with Gasteiger partial charge in [-0.05, 0) is 43.2 Å². The molecule has 0 saturated carbocycles. The Bertz CT molecular complexity index is 371. The number of nitrogens with one attached hydrogen (secondary N) is 1. The van der Waals surface area contributed by atoms with E-state index in [1.165, 1.54) is 32.1 Å². The summed E-state index contributed by atoms with van der Waals surface area (Å²) in [5.74, 6) is 0. The average Bonchev–Trinajstić information content (AvgIpc) is 2.40. The monoisotopic (exact) mass is 231 g/mol. The van der Waals surface area contributed by atoms with E-state index in [9.17, 15) is 0 Å². The zero-order valence-corrected chi connectivity index (χ0v) is 10.3. The Hall–Kier alpha value is -0.860. The molecule has 1 atom stereocenters. The second kappa shape index (κ2) is 5.19. The van der Waals surface area contributed by atoms with Crippen LogP contribution in [-0.4, -0.2) is 25.3 Å². The van der Waals surface area contributed by atoms with Crippen LogP contribution in [0.4, 0.5) is 0 Å². The molecule has 2 aliphatic rings. The first-order valence-electron chi connectivity index (χ1n) is 6.82. The van der Waals surface area contributed by atoms with E-state index in [-0.39, 0.29) is 0 Å². The van der Waals surface area contributed by atoms with Crippen molar-refractivity contribution >= 4 is 0 Å². The zero-order valence-electron chi connectivity index (χ0n) is 10.3. The summed E-state index contributed by atoms with van der Waals surface area (Å²) in [6, 6.07) is 10.2. The lowest BCUT2D eigenvalue weighted by Crippen LogP contribution is -2.44. The van der Waals surface area contributed by atoms with Crippen LogP contribution in [0.3, 0.4) is 0 Å². The van der Waals surface area contributed by atoms with Crippen molar-refractivity contribution < 1.29 is 4.74 Å². The summed E-state index contributed by atoms with van der Waals surface area (Å²) in [6.07, 6.45) is 6.08. The first-order valence-corrected chi connectivity index (χ1v) is 6.82. The van der Waals surface area contributed by atoms with Crippen LogP contribution in [0, 0.1) is 0 Å². The molecule has 0 amide bonds. The molecule has 1 unspecified atom stereocenters. The van der Waals surface area contributed by atoms with Gasteiger partial charge in [0.1, 0.15) is 0 Å². The highest BCUT2D eigenvalue weighted by atomic mass is 16.5. The SMILES string of the molecule is c1ccc2c(c1)CCC(NC1CCOCC1)C2. The molecule has 0 spiro atoms. The van der Waals surface area contributed by atoms with Crippen molar-refractivity contribution in [3.8, 4) is 0 Å². The summed E-state index contributed by atoms with van der Waals surface area (Å²) in [6.45, 7) is 1.86. The molecule has 1 saturated heterocycles. The van der Waals surface area contributed by atoms with Gasteiger partial charge in [0.15, 0.2) is 0 Å². The number of hydrogen-bond acceptors (Lipinski definition) is 2. The van der Waals surface area contributed by atoms with E-state index < -0.39 is 0 Å². The fraction of sp³-hybridized carbons (Fsp3) is 0.600. The smallest absolute Gasteiger partial charge is 0.0480 e. The minimum absolute atomic E-state index is 0.674. The number of hydrogen-bond donors (Lipinski definition) is 1. The molecule has 92 valence electrons. The van der Waals surface area contributed by atoms with Crippen LogP contribution < -0.4 is 5.32 Å². The third-order valence-corrected chi connectivity index (χ3v) is 4.04. The molecule has 1 aromatic rings. The maximum absolute atomic E-state index is 5.41. The Morgan fingerprint density at radius 2 is 1.71 bits per heavy atom. The minimum atomic E-state index is 0.674. The summed E-state index contributed by atoms with van der Waals surface area (Å²) in [5.41, 5.74) is 3.10. The highest BCUT2D eigenvalue weighted by molar-refractivity contribution is 5.30. The van der Waals surface area contributed by atoms with Gasteiger partial charge in [-0.2, -0.15) is 0 Å². The fourth-order valence-electron chi connectivity index (χ4n) is 3.04. The molecule has 1 aromatic carbocycles. The topological polar surface area (TPSA) is 21.3 Å². The normalized spacial score (nSPS) is 25.5. The lowest BCUT2D eigenvalue weighted by Gasteiger charge is -2.31. The Labute approximate surface area is 103 Å². The van der Waals surface area contributed by atoms with Gasteiger partial charge >= 0.3 is 0 Å². The van der Waals surface area contributed by atoms with Gasteiger partial charge in [-0.1, -0.05) is 24.3 Å². The molecule has 17 heavy (non-hydrogen) atoms. The van der Waals surface area contributed by atoms with Crippen LogP contribution >= 0.6 is 0 Å². The minimum Gasteiger partial charge on any atom is -0.381 e. The van der Waals surface area contributed by atoms with Gasteiger partial charge in [0.05, 0.1) is 0 Å². The molecule has 0 bridgehead atoms. The number of aryl methyl sites for hydroxylation is 1. The second-order valence-electron chi connectivity index (χ2n) is 5.26.